The van der Waals surface area contributed by atoms with Crippen molar-refractivity contribution in [2.24, 2.45) is 0 Å². The van der Waals surface area contributed by atoms with Crippen LogP contribution in [0.1, 0.15) is 39.4 Å². The van der Waals surface area contributed by atoms with E-state index in [1.165, 1.54) is 4.57 Å². The predicted molar refractivity (Wildman–Crippen MR) is 99.0 cm³/mol. The molecule has 0 bridgehead atoms. The van der Waals surface area contributed by atoms with Crippen molar-refractivity contribution < 1.29 is 14.0 Å². The molecule has 0 spiro atoms. The largest absolute Gasteiger partial charge is 0.467 e. The number of carbonyl (C=O) groups excluding carboxylic acids is 2. The summed E-state index contributed by atoms with van der Waals surface area (Å²) >= 11 is 0. The fourth-order valence-electron chi connectivity index (χ4n) is 3.16. The molecule has 0 aliphatic carbocycles. The standard InChI is InChI=1S/C19H16N4O4/c1-10(14-7-4-8-27-14)21-12-5-2-3-6-13(12)23-15(24)9-11-16(17(23)20)19(26)22-18(11)25/h2-10,21H,20H2,1H3,(H,22,25,26). The number of hydrogen-bond donors (Lipinski definition) is 3. The average molecular weight is 364 g/mol. The van der Waals surface area contributed by atoms with Gasteiger partial charge in [-0.15, -0.1) is 0 Å². The van der Waals surface area contributed by atoms with Crippen LogP contribution in [0.5, 0.6) is 0 Å². The molecule has 1 aliphatic rings. The number of para-hydroxylation sites is 2. The van der Waals surface area contributed by atoms with Crippen LogP contribution in [-0.2, 0) is 0 Å². The van der Waals surface area contributed by atoms with E-state index in [1.54, 1.807) is 30.5 Å². The molecule has 0 fully saturated rings. The zero-order chi connectivity index (χ0) is 19.1. The van der Waals surface area contributed by atoms with Gasteiger partial charge in [-0.25, -0.2) is 0 Å². The first-order valence-corrected chi connectivity index (χ1v) is 8.28. The van der Waals surface area contributed by atoms with Crippen molar-refractivity contribution in [3.63, 3.8) is 0 Å². The van der Waals surface area contributed by atoms with Crippen molar-refractivity contribution in [2.75, 3.05) is 11.1 Å². The molecule has 8 heteroatoms. The fraction of sp³-hybridized carbons (Fsp3) is 0.105. The number of hydrogen-bond acceptors (Lipinski definition) is 6. The lowest BCUT2D eigenvalue weighted by molar-refractivity contribution is 0.0880. The number of furan rings is 1. The maximum atomic E-state index is 12.7. The van der Waals surface area contributed by atoms with Crippen molar-refractivity contribution in [3.05, 3.63) is 76.0 Å². The number of nitrogens with two attached hydrogens (primary N) is 1. The molecule has 0 radical (unpaired) electrons. The molecule has 8 nitrogen and oxygen atoms in total. The first-order chi connectivity index (χ1) is 13.0. The Morgan fingerprint density at radius 2 is 1.89 bits per heavy atom. The highest BCUT2D eigenvalue weighted by Gasteiger charge is 2.32. The molecule has 27 heavy (non-hydrogen) atoms. The Morgan fingerprint density at radius 3 is 2.63 bits per heavy atom. The minimum absolute atomic E-state index is 0.00635. The van der Waals surface area contributed by atoms with Gasteiger partial charge in [0.1, 0.15) is 11.6 Å². The molecule has 0 saturated carbocycles. The van der Waals surface area contributed by atoms with Crippen molar-refractivity contribution in [3.8, 4) is 5.69 Å². The summed E-state index contributed by atoms with van der Waals surface area (Å²) in [6.45, 7) is 1.91. The molecule has 2 aromatic heterocycles. The molecule has 4 rings (SSSR count). The Morgan fingerprint density at radius 1 is 1.11 bits per heavy atom. The molecule has 0 saturated heterocycles. The number of benzene rings is 1. The van der Waals surface area contributed by atoms with Crippen LogP contribution in [0.25, 0.3) is 5.69 Å². The van der Waals surface area contributed by atoms with Gasteiger partial charge < -0.3 is 15.5 Å². The van der Waals surface area contributed by atoms with Gasteiger partial charge in [-0.2, -0.15) is 0 Å². The summed E-state index contributed by atoms with van der Waals surface area (Å²) in [6, 6.07) is 11.6. The zero-order valence-corrected chi connectivity index (χ0v) is 14.4. The molecule has 1 aromatic carbocycles. The van der Waals surface area contributed by atoms with E-state index in [0.717, 1.165) is 11.8 Å². The molecule has 1 atom stereocenters. The Kier molecular flexibility index (Phi) is 3.80. The number of nitrogen functional groups attached to an aromatic ring is 1. The fourth-order valence-corrected chi connectivity index (χ4v) is 3.16. The minimum atomic E-state index is -0.621. The molecule has 1 aliphatic heterocycles. The summed E-state index contributed by atoms with van der Waals surface area (Å²) in [5, 5.41) is 5.43. The van der Waals surface area contributed by atoms with Gasteiger partial charge in [0.2, 0.25) is 0 Å². The first-order valence-electron chi connectivity index (χ1n) is 8.28. The van der Waals surface area contributed by atoms with Gasteiger partial charge in [-0.1, -0.05) is 12.1 Å². The van der Waals surface area contributed by atoms with Crippen LogP contribution in [-0.4, -0.2) is 16.4 Å². The third kappa shape index (κ3) is 2.67. The summed E-state index contributed by atoms with van der Waals surface area (Å²) in [5.41, 5.74) is 6.71. The van der Waals surface area contributed by atoms with E-state index in [9.17, 15) is 14.4 Å². The highest BCUT2D eigenvalue weighted by molar-refractivity contribution is 6.23. The van der Waals surface area contributed by atoms with Crippen molar-refractivity contribution >= 4 is 23.3 Å². The summed E-state index contributed by atoms with van der Waals surface area (Å²) in [6.07, 6.45) is 1.58. The average Bonchev–Trinajstić information content (AvgIpc) is 3.25. The number of pyridine rings is 1. The Balaban J connectivity index is 1.84. The van der Waals surface area contributed by atoms with E-state index in [-0.39, 0.29) is 23.0 Å². The lowest BCUT2D eigenvalue weighted by Gasteiger charge is -2.19. The van der Waals surface area contributed by atoms with Gasteiger partial charge >= 0.3 is 0 Å². The molecule has 2 amide bonds. The third-order valence-corrected chi connectivity index (χ3v) is 4.44. The lowest BCUT2D eigenvalue weighted by atomic mass is 10.1. The number of fused-ring (bicyclic) bond motifs is 1. The number of nitrogens with zero attached hydrogens (tertiary/aromatic N) is 1. The van der Waals surface area contributed by atoms with E-state index in [4.69, 9.17) is 10.2 Å². The maximum absolute atomic E-state index is 12.7. The summed E-state index contributed by atoms with van der Waals surface area (Å²) in [4.78, 5) is 36.5. The maximum Gasteiger partial charge on any atom is 0.262 e. The first kappa shape index (κ1) is 16.6. The van der Waals surface area contributed by atoms with Gasteiger partial charge in [-0.3, -0.25) is 24.3 Å². The molecule has 3 heterocycles. The minimum Gasteiger partial charge on any atom is -0.467 e. The lowest BCUT2D eigenvalue weighted by Crippen LogP contribution is -2.25. The quantitative estimate of drug-likeness (QED) is 0.610. The van der Waals surface area contributed by atoms with Crippen LogP contribution in [0, 0.1) is 0 Å². The van der Waals surface area contributed by atoms with Crippen LogP contribution in [0.2, 0.25) is 0 Å². The Labute approximate surface area is 153 Å². The third-order valence-electron chi connectivity index (χ3n) is 4.44. The second kappa shape index (κ2) is 6.17. The van der Waals surface area contributed by atoms with E-state index in [1.807, 2.05) is 19.1 Å². The van der Waals surface area contributed by atoms with Gasteiger partial charge in [0, 0.05) is 6.07 Å². The van der Waals surface area contributed by atoms with E-state index in [0.29, 0.717) is 11.4 Å². The molecular weight excluding hydrogens is 348 g/mol. The van der Waals surface area contributed by atoms with Crippen molar-refractivity contribution in [1.82, 2.24) is 9.88 Å². The normalized spacial score (nSPS) is 14.0. The van der Waals surface area contributed by atoms with Crippen LogP contribution in [0.15, 0.2) is 57.9 Å². The number of nitrogens with one attached hydrogen (secondary N) is 2. The van der Waals surface area contributed by atoms with E-state index >= 15 is 0 Å². The van der Waals surface area contributed by atoms with E-state index < -0.39 is 17.4 Å². The second-order valence-electron chi connectivity index (χ2n) is 6.17. The highest BCUT2D eigenvalue weighted by Crippen LogP contribution is 2.28. The van der Waals surface area contributed by atoms with Crippen LogP contribution < -0.4 is 21.9 Å². The van der Waals surface area contributed by atoms with Crippen LogP contribution in [0.3, 0.4) is 0 Å². The number of imide groups is 1. The molecule has 1 unspecified atom stereocenters. The van der Waals surface area contributed by atoms with Gasteiger partial charge in [0.05, 0.1) is 34.8 Å². The number of aromatic nitrogens is 1. The van der Waals surface area contributed by atoms with Gasteiger partial charge in [0.25, 0.3) is 17.4 Å². The van der Waals surface area contributed by atoms with E-state index in [2.05, 4.69) is 10.6 Å². The van der Waals surface area contributed by atoms with Crippen molar-refractivity contribution in [2.45, 2.75) is 13.0 Å². The van der Waals surface area contributed by atoms with Crippen molar-refractivity contribution in [1.29, 1.82) is 0 Å². The van der Waals surface area contributed by atoms with Crippen LogP contribution >= 0.6 is 0 Å². The summed E-state index contributed by atoms with van der Waals surface area (Å²) < 4.78 is 6.62. The number of carbonyl (C=O) groups is 2. The Hall–Kier alpha value is -3.81. The zero-order valence-electron chi connectivity index (χ0n) is 14.4. The summed E-state index contributed by atoms with van der Waals surface area (Å²) in [7, 11) is 0. The molecular formula is C19H16N4O4. The highest BCUT2D eigenvalue weighted by atomic mass is 16.3. The second-order valence-corrected chi connectivity index (χ2v) is 6.17. The predicted octanol–water partition coefficient (Wildman–Crippen LogP) is 2.07. The topological polar surface area (TPSA) is 119 Å². The molecule has 4 N–H and O–H groups in total. The summed E-state index contributed by atoms with van der Waals surface area (Å²) in [5.74, 6) is -0.593. The van der Waals surface area contributed by atoms with Gasteiger partial charge in [-0.05, 0) is 31.2 Å². The number of rotatable bonds is 4. The smallest absolute Gasteiger partial charge is 0.262 e. The molecule has 136 valence electrons. The van der Waals surface area contributed by atoms with Crippen LogP contribution in [0.4, 0.5) is 11.5 Å². The SMILES string of the molecule is CC(Nc1ccccc1-n1c(N)c2c(cc1=O)C(=O)NC2=O)c1ccco1. The number of anilines is 2. The molecule has 3 aromatic rings. The Bertz CT molecular complexity index is 1120. The monoisotopic (exact) mass is 364 g/mol. The number of amides is 2. The van der Waals surface area contributed by atoms with Gasteiger partial charge in [0.15, 0.2) is 0 Å².